The topological polar surface area (TPSA) is 90.3 Å². The molecule has 136 valence electrons. The minimum absolute atomic E-state index is 0.0128. The van der Waals surface area contributed by atoms with Crippen LogP contribution in [0, 0.1) is 11.3 Å². The summed E-state index contributed by atoms with van der Waals surface area (Å²) in [6, 6.07) is 14.8. The number of sulfonamides is 1. The Morgan fingerprint density at radius 1 is 1.23 bits per heavy atom. The predicted octanol–water partition coefficient (Wildman–Crippen LogP) is 2.80. The fourth-order valence-electron chi connectivity index (χ4n) is 2.28. The van der Waals surface area contributed by atoms with Crippen LogP contribution < -0.4 is 4.72 Å². The van der Waals surface area contributed by atoms with Crippen molar-refractivity contribution in [1.82, 2.24) is 9.62 Å². The second kappa shape index (κ2) is 8.81. The highest BCUT2D eigenvalue weighted by molar-refractivity contribution is 7.89. The molecule has 26 heavy (non-hydrogen) atoms. The molecule has 1 N–H and O–H groups in total. The Hall–Kier alpha value is -2.40. The quantitative estimate of drug-likeness (QED) is 0.735. The lowest BCUT2D eigenvalue weighted by Crippen LogP contribution is -2.27. The van der Waals surface area contributed by atoms with Crippen molar-refractivity contribution in [1.29, 1.82) is 5.26 Å². The van der Waals surface area contributed by atoms with Crippen LogP contribution in [0.3, 0.4) is 0 Å². The second-order valence-corrected chi connectivity index (χ2v) is 7.82. The number of carbonyl (C=O) groups is 1. The Balaban J connectivity index is 2.14. The van der Waals surface area contributed by atoms with Crippen LogP contribution in [0.5, 0.6) is 0 Å². The third-order valence-electron chi connectivity index (χ3n) is 3.60. The van der Waals surface area contributed by atoms with E-state index in [1.54, 1.807) is 25.2 Å². The number of rotatable bonds is 7. The summed E-state index contributed by atoms with van der Waals surface area (Å²) in [6.07, 6.45) is 0.0711. The number of halogens is 1. The molecule has 0 fully saturated rings. The maximum absolute atomic E-state index is 12.6. The highest BCUT2D eigenvalue weighted by atomic mass is 35.5. The maximum Gasteiger partial charge on any atom is 0.253 e. The van der Waals surface area contributed by atoms with Crippen molar-refractivity contribution in [3.05, 3.63) is 64.7 Å². The lowest BCUT2D eigenvalue weighted by Gasteiger charge is -2.18. The normalized spacial score (nSPS) is 11.0. The Morgan fingerprint density at radius 3 is 2.58 bits per heavy atom. The molecule has 0 aliphatic rings. The van der Waals surface area contributed by atoms with Crippen molar-refractivity contribution in [2.45, 2.75) is 17.9 Å². The average molecular weight is 392 g/mol. The van der Waals surface area contributed by atoms with E-state index >= 15 is 0 Å². The molecule has 0 atom stereocenters. The van der Waals surface area contributed by atoms with Crippen LogP contribution in [0.15, 0.2) is 53.4 Å². The van der Waals surface area contributed by atoms with Crippen LogP contribution in [-0.2, 0) is 16.6 Å². The van der Waals surface area contributed by atoms with Gasteiger partial charge in [0.25, 0.3) is 5.91 Å². The first-order valence-corrected chi connectivity index (χ1v) is 9.66. The molecule has 0 unspecified atom stereocenters. The lowest BCUT2D eigenvalue weighted by molar-refractivity contribution is 0.0785. The van der Waals surface area contributed by atoms with Gasteiger partial charge in [-0.3, -0.25) is 4.79 Å². The molecule has 0 spiro atoms. The standard InChI is InChI=1S/C18H18ClN3O3S/c1-22(13-14-6-8-16(19)9-7-14)18(23)15-4-2-5-17(12-15)26(24,25)21-11-3-10-20/h2,4-9,12,21H,3,11,13H2,1H3. The number of benzene rings is 2. The van der Waals surface area contributed by atoms with Crippen LogP contribution in [-0.4, -0.2) is 32.8 Å². The number of hydrogen-bond donors (Lipinski definition) is 1. The maximum atomic E-state index is 12.6. The molecule has 0 aliphatic heterocycles. The van der Waals surface area contributed by atoms with Gasteiger partial charge in [0.15, 0.2) is 0 Å². The monoisotopic (exact) mass is 391 g/mol. The van der Waals surface area contributed by atoms with E-state index < -0.39 is 10.0 Å². The predicted molar refractivity (Wildman–Crippen MR) is 99.1 cm³/mol. The number of nitriles is 1. The second-order valence-electron chi connectivity index (χ2n) is 5.62. The zero-order chi connectivity index (χ0) is 19.2. The van der Waals surface area contributed by atoms with Gasteiger partial charge in [0, 0.05) is 37.1 Å². The van der Waals surface area contributed by atoms with Crippen molar-refractivity contribution in [2.24, 2.45) is 0 Å². The van der Waals surface area contributed by atoms with Gasteiger partial charge in [0.2, 0.25) is 10.0 Å². The van der Waals surface area contributed by atoms with E-state index in [1.165, 1.54) is 23.1 Å². The van der Waals surface area contributed by atoms with Gasteiger partial charge in [-0.15, -0.1) is 0 Å². The number of carbonyl (C=O) groups excluding carboxylic acids is 1. The molecule has 0 bridgehead atoms. The number of nitrogens with zero attached hydrogens (tertiary/aromatic N) is 2. The summed E-state index contributed by atoms with van der Waals surface area (Å²) in [4.78, 5) is 14.1. The fourth-order valence-corrected chi connectivity index (χ4v) is 3.48. The van der Waals surface area contributed by atoms with Gasteiger partial charge in [-0.25, -0.2) is 13.1 Å². The van der Waals surface area contributed by atoms with Crippen LogP contribution in [0.25, 0.3) is 0 Å². The van der Waals surface area contributed by atoms with Gasteiger partial charge in [0.05, 0.1) is 11.0 Å². The van der Waals surface area contributed by atoms with Gasteiger partial charge in [-0.1, -0.05) is 29.8 Å². The molecule has 8 heteroatoms. The van der Waals surface area contributed by atoms with Crippen LogP contribution in [0.2, 0.25) is 5.02 Å². The lowest BCUT2D eigenvalue weighted by atomic mass is 10.1. The summed E-state index contributed by atoms with van der Waals surface area (Å²) in [5.41, 5.74) is 1.18. The Morgan fingerprint density at radius 2 is 1.92 bits per heavy atom. The fraction of sp³-hybridized carbons (Fsp3) is 0.222. The molecule has 0 radical (unpaired) electrons. The highest BCUT2D eigenvalue weighted by Crippen LogP contribution is 2.15. The molecule has 1 amide bonds. The van der Waals surface area contributed by atoms with Crippen molar-refractivity contribution < 1.29 is 13.2 Å². The van der Waals surface area contributed by atoms with E-state index in [0.717, 1.165) is 5.56 Å². The third kappa shape index (κ3) is 5.30. The zero-order valence-electron chi connectivity index (χ0n) is 14.1. The summed E-state index contributed by atoms with van der Waals surface area (Å²) >= 11 is 5.85. The van der Waals surface area contributed by atoms with Crippen LogP contribution in [0.4, 0.5) is 0 Å². The van der Waals surface area contributed by atoms with Gasteiger partial charge in [-0.2, -0.15) is 5.26 Å². The average Bonchev–Trinajstić information content (AvgIpc) is 2.63. The first-order chi connectivity index (χ1) is 12.3. The van der Waals surface area contributed by atoms with Crippen LogP contribution >= 0.6 is 11.6 Å². The summed E-state index contributed by atoms with van der Waals surface area (Å²) in [6.45, 7) is 0.390. The van der Waals surface area contributed by atoms with E-state index in [9.17, 15) is 13.2 Å². The van der Waals surface area contributed by atoms with Crippen LogP contribution in [0.1, 0.15) is 22.3 Å². The molecule has 0 saturated heterocycles. The third-order valence-corrected chi connectivity index (χ3v) is 5.31. The van der Waals surface area contributed by atoms with E-state index in [2.05, 4.69) is 4.72 Å². The van der Waals surface area contributed by atoms with Crippen molar-refractivity contribution in [3.63, 3.8) is 0 Å². The zero-order valence-corrected chi connectivity index (χ0v) is 15.7. The molecular formula is C18H18ClN3O3S. The van der Waals surface area contributed by atoms with Crippen molar-refractivity contribution in [3.8, 4) is 6.07 Å². The molecule has 0 heterocycles. The molecule has 6 nitrogen and oxygen atoms in total. The Kier molecular flexibility index (Phi) is 6.75. The van der Waals surface area contributed by atoms with Crippen molar-refractivity contribution in [2.75, 3.05) is 13.6 Å². The number of amides is 1. The summed E-state index contributed by atoms with van der Waals surface area (Å²) in [5, 5.41) is 9.12. The largest absolute Gasteiger partial charge is 0.337 e. The first kappa shape index (κ1) is 19.9. The molecule has 2 aromatic rings. The smallest absolute Gasteiger partial charge is 0.253 e. The van der Waals surface area contributed by atoms with E-state index in [0.29, 0.717) is 11.6 Å². The van der Waals surface area contributed by atoms with Gasteiger partial charge in [-0.05, 0) is 35.9 Å². The summed E-state index contributed by atoms with van der Waals surface area (Å²) in [7, 11) is -2.12. The molecular weight excluding hydrogens is 374 g/mol. The summed E-state index contributed by atoms with van der Waals surface area (Å²) < 4.78 is 26.8. The first-order valence-electron chi connectivity index (χ1n) is 7.80. The number of nitrogens with one attached hydrogen (secondary N) is 1. The summed E-state index contributed by atoms with van der Waals surface area (Å²) in [5.74, 6) is -0.297. The molecule has 0 aliphatic carbocycles. The van der Waals surface area contributed by atoms with E-state index in [4.69, 9.17) is 16.9 Å². The number of hydrogen-bond acceptors (Lipinski definition) is 4. The molecule has 0 saturated carbocycles. The Labute approximate surface area is 158 Å². The van der Waals surface area contributed by atoms with Gasteiger partial charge < -0.3 is 4.90 Å². The molecule has 2 aromatic carbocycles. The minimum Gasteiger partial charge on any atom is -0.337 e. The minimum atomic E-state index is -3.76. The van der Waals surface area contributed by atoms with Crippen molar-refractivity contribution >= 4 is 27.5 Å². The van der Waals surface area contributed by atoms with Gasteiger partial charge in [0.1, 0.15) is 0 Å². The highest BCUT2D eigenvalue weighted by Gasteiger charge is 2.18. The van der Waals surface area contributed by atoms with E-state index in [-0.39, 0.29) is 29.3 Å². The Bertz CT molecular complexity index is 921. The molecule has 0 aromatic heterocycles. The molecule has 2 rings (SSSR count). The van der Waals surface area contributed by atoms with Gasteiger partial charge >= 0.3 is 0 Å². The SMILES string of the molecule is CN(Cc1ccc(Cl)cc1)C(=O)c1cccc(S(=O)(=O)NCCC#N)c1. The van der Waals surface area contributed by atoms with E-state index in [1.807, 2.05) is 18.2 Å².